The van der Waals surface area contributed by atoms with E-state index in [2.05, 4.69) is 18.7 Å². The van der Waals surface area contributed by atoms with Gasteiger partial charge >= 0.3 is 0 Å². The van der Waals surface area contributed by atoms with Crippen LogP contribution in [0.3, 0.4) is 0 Å². The fourth-order valence-corrected chi connectivity index (χ4v) is 2.23. The summed E-state index contributed by atoms with van der Waals surface area (Å²) in [5.41, 5.74) is 12.3. The third-order valence-electron chi connectivity index (χ3n) is 3.13. The molecule has 5 heteroatoms. The zero-order valence-corrected chi connectivity index (χ0v) is 12.5. The van der Waals surface area contributed by atoms with Crippen molar-refractivity contribution < 1.29 is 4.79 Å². The summed E-state index contributed by atoms with van der Waals surface area (Å²) in [4.78, 5) is 13.7. The molecule has 0 heterocycles. The highest BCUT2D eigenvalue weighted by Crippen LogP contribution is 2.29. The number of primary amides is 1. The lowest BCUT2D eigenvalue weighted by Gasteiger charge is -2.33. The second-order valence-corrected chi connectivity index (χ2v) is 5.79. The molecule has 106 valence electrons. The van der Waals surface area contributed by atoms with E-state index in [1.165, 1.54) is 0 Å². The van der Waals surface area contributed by atoms with Crippen molar-refractivity contribution in [1.29, 1.82) is 0 Å². The van der Waals surface area contributed by atoms with Gasteiger partial charge in [-0.2, -0.15) is 0 Å². The van der Waals surface area contributed by atoms with Crippen molar-refractivity contribution in [2.75, 3.05) is 24.5 Å². The Balaban J connectivity index is 3.19. The van der Waals surface area contributed by atoms with Crippen LogP contribution in [0, 0.1) is 5.41 Å². The van der Waals surface area contributed by atoms with Gasteiger partial charge in [0.1, 0.15) is 0 Å². The second kappa shape index (κ2) is 6.26. The van der Waals surface area contributed by atoms with Crippen LogP contribution in [0.5, 0.6) is 0 Å². The number of nitrogens with two attached hydrogens (primary N) is 2. The average Bonchev–Trinajstić information content (AvgIpc) is 2.35. The quantitative estimate of drug-likeness (QED) is 0.841. The Hall–Kier alpha value is -1.26. The predicted molar refractivity (Wildman–Crippen MR) is 80.7 cm³/mol. The van der Waals surface area contributed by atoms with Gasteiger partial charge in [-0.15, -0.1) is 0 Å². The number of carbonyl (C=O) groups excluding carboxylic acids is 1. The SMILES string of the molecule is CCN(CC(C)(C)CN)c1cccc(Cl)c1C(N)=O. The number of nitrogens with zero attached hydrogens (tertiary/aromatic N) is 1. The molecule has 1 aromatic carbocycles. The number of carbonyl (C=O) groups is 1. The third kappa shape index (κ3) is 3.85. The van der Waals surface area contributed by atoms with Crippen molar-refractivity contribution in [1.82, 2.24) is 0 Å². The van der Waals surface area contributed by atoms with E-state index in [1.54, 1.807) is 6.07 Å². The van der Waals surface area contributed by atoms with Crippen LogP contribution in [0.1, 0.15) is 31.1 Å². The number of anilines is 1. The molecule has 19 heavy (non-hydrogen) atoms. The largest absolute Gasteiger partial charge is 0.371 e. The molecule has 4 N–H and O–H groups in total. The topological polar surface area (TPSA) is 72.3 Å². The summed E-state index contributed by atoms with van der Waals surface area (Å²) in [6.07, 6.45) is 0. The number of amides is 1. The number of halogens is 1. The first-order valence-electron chi connectivity index (χ1n) is 6.35. The number of rotatable bonds is 6. The lowest BCUT2D eigenvalue weighted by atomic mass is 9.92. The molecule has 0 fully saturated rings. The molecule has 4 nitrogen and oxygen atoms in total. The molecule has 0 saturated carbocycles. The average molecular weight is 284 g/mol. The van der Waals surface area contributed by atoms with Gasteiger partial charge in [0.2, 0.25) is 0 Å². The van der Waals surface area contributed by atoms with Gasteiger partial charge in [0, 0.05) is 13.1 Å². The van der Waals surface area contributed by atoms with Crippen molar-refractivity contribution in [2.24, 2.45) is 16.9 Å². The van der Waals surface area contributed by atoms with E-state index in [4.69, 9.17) is 23.1 Å². The predicted octanol–water partition coefficient (Wildman–Crippen LogP) is 2.25. The highest BCUT2D eigenvalue weighted by Gasteiger charge is 2.23. The van der Waals surface area contributed by atoms with E-state index in [0.29, 0.717) is 17.1 Å². The van der Waals surface area contributed by atoms with Gasteiger partial charge in [-0.25, -0.2) is 0 Å². The Morgan fingerprint density at radius 2 is 2.05 bits per heavy atom. The molecule has 0 unspecified atom stereocenters. The first-order valence-corrected chi connectivity index (χ1v) is 6.73. The molecule has 0 atom stereocenters. The highest BCUT2D eigenvalue weighted by molar-refractivity contribution is 6.34. The monoisotopic (exact) mass is 283 g/mol. The van der Waals surface area contributed by atoms with Crippen molar-refractivity contribution >= 4 is 23.2 Å². The van der Waals surface area contributed by atoms with Gasteiger partial charge in [0.15, 0.2) is 0 Å². The maximum absolute atomic E-state index is 11.6. The first-order chi connectivity index (χ1) is 8.82. The van der Waals surface area contributed by atoms with Crippen LogP contribution < -0.4 is 16.4 Å². The molecular formula is C14H22ClN3O. The number of hydrogen-bond acceptors (Lipinski definition) is 3. The molecule has 0 aliphatic heterocycles. The van der Waals surface area contributed by atoms with E-state index in [0.717, 1.165) is 18.8 Å². The van der Waals surface area contributed by atoms with Crippen LogP contribution in [-0.2, 0) is 0 Å². The Morgan fingerprint density at radius 1 is 1.42 bits per heavy atom. The second-order valence-electron chi connectivity index (χ2n) is 5.38. The smallest absolute Gasteiger partial charge is 0.252 e. The molecule has 1 rings (SSSR count). The van der Waals surface area contributed by atoms with Crippen LogP contribution in [0.2, 0.25) is 5.02 Å². The number of hydrogen-bond donors (Lipinski definition) is 2. The summed E-state index contributed by atoms with van der Waals surface area (Å²) in [6, 6.07) is 5.36. The van der Waals surface area contributed by atoms with Crippen LogP contribution in [-0.4, -0.2) is 25.5 Å². The molecular weight excluding hydrogens is 262 g/mol. The minimum Gasteiger partial charge on any atom is -0.371 e. The number of benzene rings is 1. The zero-order chi connectivity index (χ0) is 14.6. The van der Waals surface area contributed by atoms with E-state index >= 15 is 0 Å². The lowest BCUT2D eigenvalue weighted by molar-refractivity contribution is 0.100. The van der Waals surface area contributed by atoms with Gasteiger partial charge in [0.25, 0.3) is 5.91 Å². The van der Waals surface area contributed by atoms with Crippen molar-refractivity contribution in [3.05, 3.63) is 28.8 Å². The normalized spacial score (nSPS) is 11.4. The summed E-state index contributed by atoms with van der Waals surface area (Å²) < 4.78 is 0. The molecule has 0 saturated heterocycles. The fourth-order valence-electron chi connectivity index (χ4n) is 1.97. The zero-order valence-electron chi connectivity index (χ0n) is 11.7. The van der Waals surface area contributed by atoms with Gasteiger partial charge in [-0.1, -0.05) is 31.5 Å². The summed E-state index contributed by atoms with van der Waals surface area (Å²) in [7, 11) is 0. The summed E-state index contributed by atoms with van der Waals surface area (Å²) in [5.74, 6) is -0.510. The lowest BCUT2D eigenvalue weighted by Crippen LogP contribution is -2.39. The van der Waals surface area contributed by atoms with Crippen LogP contribution in [0.15, 0.2) is 18.2 Å². The van der Waals surface area contributed by atoms with E-state index in [1.807, 2.05) is 19.1 Å². The first kappa shape index (κ1) is 15.8. The van der Waals surface area contributed by atoms with Crippen LogP contribution in [0.25, 0.3) is 0 Å². The molecule has 0 spiro atoms. The molecule has 0 radical (unpaired) electrons. The fraction of sp³-hybridized carbons (Fsp3) is 0.500. The molecule has 0 aromatic heterocycles. The molecule has 0 bridgehead atoms. The Morgan fingerprint density at radius 3 is 2.53 bits per heavy atom. The van der Waals surface area contributed by atoms with Crippen molar-refractivity contribution in [3.63, 3.8) is 0 Å². The van der Waals surface area contributed by atoms with Gasteiger partial charge in [-0.3, -0.25) is 4.79 Å². The summed E-state index contributed by atoms with van der Waals surface area (Å²) in [6.45, 7) is 8.26. The molecule has 1 amide bonds. The Kier molecular flexibility index (Phi) is 5.20. The van der Waals surface area contributed by atoms with Gasteiger partial charge < -0.3 is 16.4 Å². The van der Waals surface area contributed by atoms with Crippen LogP contribution in [0.4, 0.5) is 5.69 Å². The Bertz CT molecular complexity index is 460. The van der Waals surface area contributed by atoms with Crippen LogP contribution >= 0.6 is 11.6 Å². The minimum atomic E-state index is -0.510. The third-order valence-corrected chi connectivity index (χ3v) is 3.45. The highest BCUT2D eigenvalue weighted by atomic mass is 35.5. The molecule has 0 aliphatic rings. The maximum atomic E-state index is 11.6. The molecule has 1 aromatic rings. The standard InChI is InChI=1S/C14H22ClN3O/c1-4-18(9-14(2,3)8-16)11-7-5-6-10(15)12(11)13(17)19/h5-7H,4,8-9,16H2,1-3H3,(H2,17,19). The van der Waals surface area contributed by atoms with E-state index in [9.17, 15) is 4.79 Å². The summed E-state index contributed by atoms with van der Waals surface area (Å²) in [5, 5.41) is 0.383. The Labute approximate surface area is 119 Å². The minimum absolute atomic E-state index is 0.0484. The van der Waals surface area contributed by atoms with E-state index < -0.39 is 5.91 Å². The van der Waals surface area contributed by atoms with Crippen molar-refractivity contribution in [3.8, 4) is 0 Å². The summed E-state index contributed by atoms with van der Waals surface area (Å²) >= 11 is 6.08. The van der Waals surface area contributed by atoms with Gasteiger partial charge in [0.05, 0.1) is 16.3 Å². The van der Waals surface area contributed by atoms with Crippen molar-refractivity contribution in [2.45, 2.75) is 20.8 Å². The van der Waals surface area contributed by atoms with Gasteiger partial charge in [-0.05, 0) is 31.0 Å². The maximum Gasteiger partial charge on any atom is 0.252 e. The van der Waals surface area contributed by atoms with E-state index in [-0.39, 0.29) is 5.41 Å². The molecule has 0 aliphatic carbocycles.